The number of carbonyl (C=O) groups excluding carboxylic acids is 1. The van der Waals surface area contributed by atoms with E-state index in [1.807, 2.05) is 0 Å². The Morgan fingerprint density at radius 1 is 0.939 bits per heavy atom. The number of rotatable bonds is 3. The molecule has 2 aromatic carbocycles. The van der Waals surface area contributed by atoms with Crippen LogP contribution in [0.2, 0.25) is 0 Å². The lowest BCUT2D eigenvalue weighted by Gasteiger charge is -2.35. The standard InChI is InChI=1S/C23H20F7NO2/c24-21(22(25,26)27,23(28,29)30)16-6-7-17-15(11-16)5-8-19-18(17)9-10-31(19)20(33)14-3-1-13(12-32)2-4-14/h1-4,6-7,11,18-19,32H,5,8-10,12H2/t18-,19+/m0/s1. The average molecular weight is 475 g/mol. The first kappa shape index (κ1) is 23.5. The van der Waals surface area contributed by atoms with Crippen molar-refractivity contribution in [2.24, 2.45) is 0 Å². The maximum absolute atomic E-state index is 14.5. The van der Waals surface area contributed by atoms with Gasteiger partial charge in [0, 0.05) is 29.6 Å². The molecular weight excluding hydrogens is 455 g/mol. The van der Waals surface area contributed by atoms with Gasteiger partial charge in [-0.2, -0.15) is 26.3 Å². The van der Waals surface area contributed by atoms with E-state index in [1.54, 1.807) is 29.2 Å². The molecule has 1 saturated heterocycles. The number of nitrogens with zero attached hydrogens (tertiary/aromatic N) is 1. The normalized spacial score (nSPS) is 21.0. The molecular formula is C23H20F7NO2. The fourth-order valence-corrected chi connectivity index (χ4v) is 4.93. The molecule has 3 nitrogen and oxygen atoms in total. The molecule has 2 atom stereocenters. The van der Waals surface area contributed by atoms with Crippen LogP contribution in [0.5, 0.6) is 0 Å². The number of amides is 1. The minimum absolute atomic E-state index is 0.128. The second kappa shape index (κ2) is 8.00. The molecule has 0 aromatic heterocycles. The number of benzene rings is 2. The van der Waals surface area contributed by atoms with Crippen molar-refractivity contribution in [2.45, 2.75) is 55.9 Å². The minimum atomic E-state index is -6.15. The van der Waals surface area contributed by atoms with E-state index in [4.69, 9.17) is 5.11 Å². The summed E-state index contributed by atoms with van der Waals surface area (Å²) < 4.78 is 93.2. The number of likely N-dealkylation sites (tertiary alicyclic amines) is 1. The highest BCUT2D eigenvalue weighted by atomic mass is 19.4. The van der Waals surface area contributed by atoms with Crippen molar-refractivity contribution in [1.82, 2.24) is 4.90 Å². The summed E-state index contributed by atoms with van der Waals surface area (Å²) in [5.41, 5.74) is -5.07. The number of aliphatic hydroxyl groups is 1. The van der Waals surface area contributed by atoms with E-state index in [9.17, 15) is 35.5 Å². The first-order valence-corrected chi connectivity index (χ1v) is 10.3. The van der Waals surface area contributed by atoms with Gasteiger partial charge in [0.2, 0.25) is 0 Å². The number of hydrogen-bond donors (Lipinski definition) is 1. The van der Waals surface area contributed by atoms with E-state index in [0.29, 0.717) is 48.2 Å². The van der Waals surface area contributed by atoms with Gasteiger partial charge in [-0.1, -0.05) is 30.3 Å². The predicted octanol–water partition coefficient (Wildman–Crippen LogP) is 5.41. The summed E-state index contributed by atoms with van der Waals surface area (Å²) in [6.07, 6.45) is -11.3. The monoisotopic (exact) mass is 475 g/mol. The fourth-order valence-electron chi connectivity index (χ4n) is 4.93. The van der Waals surface area contributed by atoms with E-state index in [-0.39, 0.29) is 36.5 Å². The van der Waals surface area contributed by atoms with E-state index in [1.165, 1.54) is 0 Å². The lowest BCUT2D eigenvalue weighted by molar-refractivity contribution is -0.348. The maximum Gasteiger partial charge on any atom is 0.435 e. The number of aryl methyl sites for hydroxylation is 1. The van der Waals surface area contributed by atoms with Gasteiger partial charge in [-0.05, 0) is 48.1 Å². The second-order valence-electron chi connectivity index (χ2n) is 8.42. The molecule has 2 aliphatic rings. The third-order valence-corrected chi connectivity index (χ3v) is 6.62. The van der Waals surface area contributed by atoms with Crippen LogP contribution in [0.4, 0.5) is 30.7 Å². The van der Waals surface area contributed by atoms with Crippen LogP contribution < -0.4 is 0 Å². The van der Waals surface area contributed by atoms with Crippen molar-refractivity contribution >= 4 is 5.91 Å². The molecule has 0 unspecified atom stereocenters. The summed E-state index contributed by atoms with van der Waals surface area (Å²) in [6, 6.07) is 8.56. The zero-order chi connectivity index (χ0) is 24.2. The van der Waals surface area contributed by atoms with Gasteiger partial charge in [-0.25, -0.2) is 4.39 Å². The molecule has 178 valence electrons. The van der Waals surface area contributed by atoms with Crippen molar-refractivity contribution in [2.75, 3.05) is 6.54 Å². The zero-order valence-corrected chi connectivity index (χ0v) is 17.2. The van der Waals surface area contributed by atoms with Crippen LogP contribution in [0, 0.1) is 0 Å². The lowest BCUT2D eigenvalue weighted by atomic mass is 9.77. The summed E-state index contributed by atoms with van der Waals surface area (Å²) in [5, 5.41) is 9.14. The summed E-state index contributed by atoms with van der Waals surface area (Å²) >= 11 is 0. The van der Waals surface area contributed by atoms with Crippen molar-refractivity contribution in [3.05, 3.63) is 70.3 Å². The molecule has 2 aromatic rings. The van der Waals surface area contributed by atoms with Gasteiger partial charge in [0.1, 0.15) is 0 Å². The minimum Gasteiger partial charge on any atom is -0.392 e. The third kappa shape index (κ3) is 3.78. The Balaban J connectivity index is 1.62. The number of fused-ring (bicyclic) bond motifs is 3. The summed E-state index contributed by atoms with van der Waals surface area (Å²) in [4.78, 5) is 14.7. The molecule has 1 aliphatic heterocycles. The zero-order valence-electron chi connectivity index (χ0n) is 17.2. The van der Waals surface area contributed by atoms with Crippen molar-refractivity contribution in [1.29, 1.82) is 0 Å². The Labute approximate surface area is 184 Å². The summed E-state index contributed by atoms with van der Waals surface area (Å²) in [7, 11) is 0. The third-order valence-electron chi connectivity index (χ3n) is 6.62. The van der Waals surface area contributed by atoms with Crippen LogP contribution in [0.1, 0.15) is 51.4 Å². The molecule has 1 N–H and O–H groups in total. The van der Waals surface area contributed by atoms with Crippen LogP contribution >= 0.6 is 0 Å². The van der Waals surface area contributed by atoms with Crippen LogP contribution in [-0.2, 0) is 18.7 Å². The number of carbonyl (C=O) groups is 1. The molecule has 0 spiro atoms. The van der Waals surface area contributed by atoms with Gasteiger partial charge in [0.15, 0.2) is 0 Å². The Bertz CT molecular complexity index is 1030. The highest BCUT2D eigenvalue weighted by Gasteiger charge is 2.73. The lowest BCUT2D eigenvalue weighted by Crippen LogP contribution is -2.50. The smallest absolute Gasteiger partial charge is 0.392 e. The van der Waals surface area contributed by atoms with Crippen LogP contribution in [-0.4, -0.2) is 40.9 Å². The van der Waals surface area contributed by atoms with Crippen molar-refractivity contribution in [3.63, 3.8) is 0 Å². The topological polar surface area (TPSA) is 40.5 Å². The Hall–Kier alpha value is -2.62. The highest BCUT2D eigenvalue weighted by Crippen LogP contribution is 2.54. The van der Waals surface area contributed by atoms with E-state index in [0.717, 1.165) is 6.07 Å². The fraction of sp³-hybridized carbons (Fsp3) is 0.435. The Kier molecular flexibility index (Phi) is 5.71. The molecule has 1 aliphatic carbocycles. The van der Waals surface area contributed by atoms with E-state index in [2.05, 4.69) is 0 Å². The second-order valence-corrected chi connectivity index (χ2v) is 8.42. The Morgan fingerprint density at radius 2 is 1.58 bits per heavy atom. The van der Waals surface area contributed by atoms with Gasteiger partial charge in [-0.3, -0.25) is 4.79 Å². The molecule has 1 heterocycles. The number of halogens is 7. The molecule has 0 radical (unpaired) electrons. The van der Waals surface area contributed by atoms with Gasteiger partial charge in [0.05, 0.1) is 6.61 Å². The molecule has 4 rings (SSSR count). The Morgan fingerprint density at radius 3 is 2.15 bits per heavy atom. The highest BCUT2D eigenvalue weighted by molar-refractivity contribution is 5.94. The van der Waals surface area contributed by atoms with Gasteiger partial charge in [-0.15, -0.1) is 0 Å². The molecule has 0 bridgehead atoms. The van der Waals surface area contributed by atoms with Gasteiger partial charge in [0.25, 0.3) is 5.91 Å². The predicted molar refractivity (Wildman–Crippen MR) is 104 cm³/mol. The van der Waals surface area contributed by atoms with Crippen LogP contribution in [0.3, 0.4) is 0 Å². The average Bonchev–Trinajstić information content (AvgIpc) is 3.20. The summed E-state index contributed by atoms with van der Waals surface area (Å²) in [6.45, 7) is 0.222. The van der Waals surface area contributed by atoms with Crippen LogP contribution in [0.15, 0.2) is 42.5 Å². The summed E-state index contributed by atoms with van der Waals surface area (Å²) in [5.74, 6) is -0.488. The number of aliphatic hydroxyl groups excluding tert-OH is 1. The SMILES string of the molecule is O=C(c1ccc(CO)cc1)N1CC[C@H]2c3ccc(C(F)(C(F)(F)F)C(F)(F)F)cc3CC[C@H]21. The molecule has 0 saturated carbocycles. The van der Waals surface area contributed by atoms with Crippen molar-refractivity contribution in [3.8, 4) is 0 Å². The first-order chi connectivity index (χ1) is 15.4. The van der Waals surface area contributed by atoms with Crippen molar-refractivity contribution < 1.29 is 40.6 Å². The number of alkyl halides is 7. The van der Waals surface area contributed by atoms with Crippen LogP contribution in [0.25, 0.3) is 0 Å². The quantitative estimate of drug-likeness (QED) is 0.603. The maximum atomic E-state index is 14.5. The first-order valence-electron chi connectivity index (χ1n) is 10.3. The largest absolute Gasteiger partial charge is 0.435 e. The molecule has 33 heavy (non-hydrogen) atoms. The number of hydrogen-bond acceptors (Lipinski definition) is 2. The molecule has 1 amide bonds. The molecule has 1 fully saturated rings. The molecule has 10 heteroatoms. The van der Waals surface area contributed by atoms with E-state index >= 15 is 0 Å². The van der Waals surface area contributed by atoms with Gasteiger partial charge < -0.3 is 10.0 Å². The van der Waals surface area contributed by atoms with E-state index < -0.39 is 23.6 Å². The van der Waals surface area contributed by atoms with Gasteiger partial charge >= 0.3 is 18.0 Å².